The lowest BCUT2D eigenvalue weighted by Gasteiger charge is -2.06. The topological polar surface area (TPSA) is 64.3 Å². The van der Waals surface area contributed by atoms with Crippen LogP contribution in [0.5, 0.6) is 5.75 Å². The average molecular weight is 222 g/mol. The number of hydrogen-bond acceptors (Lipinski definition) is 2. The summed E-state index contributed by atoms with van der Waals surface area (Å²) in [5, 5.41) is 2.53. The van der Waals surface area contributed by atoms with Crippen molar-refractivity contribution in [2.75, 3.05) is 6.61 Å². The van der Waals surface area contributed by atoms with Crippen molar-refractivity contribution in [1.82, 2.24) is 5.32 Å². The Morgan fingerprint density at radius 2 is 2.06 bits per heavy atom. The summed E-state index contributed by atoms with van der Waals surface area (Å²) < 4.78 is 5.51. The highest BCUT2D eigenvalue weighted by Gasteiger charge is 1.96. The van der Waals surface area contributed by atoms with Gasteiger partial charge in [-0.2, -0.15) is 0 Å². The number of ether oxygens (including phenoxy) is 1. The summed E-state index contributed by atoms with van der Waals surface area (Å²) in [4.78, 5) is 10.5. The first-order chi connectivity index (χ1) is 7.72. The van der Waals surface area contributed by atoms with Crippen LogP contribution in [0.3, 0.4) is 0 Å². The molecule has 1 rings (SSSR count). The number of rotatable bonds is 6. The van der Waals surface area contributed by atoms with Crippen LogP contribution in [0.2, 0.25) is 0 Å². The highest BCUT2D eigenvalue weighted by atomic mass is 16.5. The van der Waals surface area contributed by atoms with E-state index in [-0.39, 0.29) is 0 Å². The molecule has 1 aromatic rings. The van der Waals surface area contributed by atoms with E-state index in [1.807, 2.05) is 24.3 Å². The molecule has 0 heterocycles. The van der Waals surface area contributed by atoms with Crippen molar-refractivity contribution in [2.45, 2.75) is 26.3 Å². The molecule has 0 aliphatic carbocycles. The first kappa shape index (κ1) is 12.4. The Labute approximate surface area is 95.8 Å². The van der Waals surface area contributed by atoms with Crippen molar-refractivity contribution in [3.8, 4) is 5.75 Å². The second kappa shape index (κ2) is 6.71. The van der Waals surface area contributed by atoms with E-state index in [4.69, 9.17) is 10.5 Å². The van der Waals surface area contributed by atoms with E-state index in [1.165, 1.54) is 0 Å². The molecule has 2 amide bonds. The lowest BCUT2D eigenvalue weighted by molar-refractivity contribution is 0.248. The van der Waals surface area contributed by atoms with Crippen LogP contribution >= 0.6 is 0 Å². The van der Waals surface area contributed by atoms with E-state index in [0.29, 0.717) is 6.54 Å². The van der Waals surface area contributed by atoms with E-state index in [9.17, 15) is 4.79 Å². The molecule has 0 aliphatic heterocycles. The monoisotopic (exact) mass is 222 g/mol. The van der Waals surface area contributed by atoms with Crippen LogP contribution in [-0.2, 0) is 6.54 Å². The minimum absolute atomic E-state index is 0.449. The number of carbonyl (C=O) groups is 1. The van der Waals surface area contributed by atoms with Gasteiger partial charge in [0.25, 0.3) is 0 Å². The van der Waals surface area contributed by atoms with Crippen molar-refractivity contribution < 1.29 is 9.53 Å². The van der Waals surface area contributed by atoms with Gasteiger partial charge in [-0.1, -0.05) is 25.5 Å². The fourth-order valence-electron chi connectivity index (χ4n) is 1.23. The van der Waals surface area contributed by atoms with Gasteiger partial charge in [0, 0.05) is 6.54 Å². The normalized spacial score (nSPS) is 9.81. The zero-order valence-electron chi connectivity index (χ0n) is 9.53. The minimum Gasteiger partial charge on any atom is -0.494 e. The first-order valence-corrected chi connectivity index (χ1v) is 5.47. The van der Waals surface area contributed by atoms with Crippen molar-refractivity contribution in [1.29, 1.82) is 0 Å². The number of primary amides is 1. The van der Waals surface area contributed by atoms with Gasteiger partial charge in [0.05, 0.1) is 6.61 Å². The molecule has 4 nitrogen and oxygen atoms in total. The molecule has 0 aromatic heterocycles. The largest absolute Gasteiger partial charge is 0.494 e. The zero-order valence-corrected chi connectivity index (χ0v) is 9.53. The van der Waals surface area contributed by atoms with Gasteiger partial charge < -0.3 is 15.8 Å². The van der Waals surface area contributed by atoms with Crippen LogP contribution in [0.15, 0.2) is 24.3 Å². The Morgan fingerprint density at radius 3 is 2.62 bits per heavy atom. The SMILES string of the molecule is CCCCOc1ccc(CNC(N)=O)cc1. The van der Waals surface area contributed by atoms with Gasteiger partial charge >= 0.3 is 6.03 Å². The zero-order chi connectivity index (χ0) is 11.8. The first-order valence-electron chi connectivity index (χ1n) is 5.47. The maximum absolute atomic E-state index is 10.5. The summed E-state index contributed by atoms with van der Waals surface area (Å²) in [5.74, 6) is 0.858. The number of hydrogen-bond donors (Lipinski definition) is 2. The van der Waals surface area contributed by atoms with E-state index in [1.54, 1.807) is 0 Å². The molecule has 88 valence electrons. The van der Waals surface area contributed by atoms with Crippen LogP contribution in [0.25, 0.3) is 0 Å². The minimum atomic E-state index is -0.511. The highest BCUT2D eigenvalue weighted by molar-refractivity contribution is 5.71. The van der Waals surface area contributed by atoms with Gasteiger partial charge in [-0.3, -0.25) is 0 Å². The molecule has 0 atom stereocenters. The van der Waals surface area contributed by atoms with Crippen molar-refractivity contribution in [2.24, 2.45) is 5.73 Å². The molecule has 0 radical (unpaired) electrons. The molecular formula is C12H18N2O2. The van der Waals surface area contributed by atoms with Crippen molar-refractivity contribution in [3.63, 3.8) is 0 Å². The quantitative estimate of drug-likeness (QED) is 0.723. The molecule has 0 fully saturated rings. The van der Waals surface area contributed by atoms with E-state index < -0.39 is 6.03 Å². The molecule has 0 bridgehead atoms. The molecule has 0 aliphatic rings. The molecule has 4 heteroatoms. The number of carbonyl (C=O) groups excluding carboxylic acids is 1. The highest BCUT2D eigenvalue weighted by Crippen LogP contribution is 2.12. The van der Waals surface area contributed by atoms with Crippen LogP contribution in [0.4, 0.5) is 4.79 Å². The van der Waals surface area contributed by atoms with E-state index >= 15 is 0 Å². The third-order valence-corrected chi connectivity index (χ3v) is 2.16. The number of unbranched alkanes of at least 4 members (excludes halogenated alkanes) is 1. The molecule has 3 N–H and O–H groups in total. The van der Waals surface area contributed by atoms with Gasteiger partial charge in [0.15, 0.2) is 0 Å². The van der Waals surface area contributed by atoms with Crippen LogP contribution in [-0.4, -0.2) is 12.6 Å². The van der Waals surface area contributed by atoms with Gasteiger partial charge in [-0.05, 0) is 24.1 Å². The van der Waals surface area contributed by atoms with E-state index in [0.717, 1.165) is 30.8 Å². The van der Waals surface area contributed by atoms with Crippen LogP contribution in [0.1, 0.15) is 25.3 Å². The van der Waals surface area contributed by atoms with Gasteiger partial charge in [0.2, 0.25) is 0 Å². The number of amides is 2. The fourth-order valence-corrected chi connectivity index (χ4v) is 1.23. The summed E-state index contributed by atoms with van der Waals surface area (Å²) >= 11 is 0. The molecule has 1 aromatic carbocycles. The third-order valence-electron chi connectivity index (χ3n) is 2.16. The maximum atomic E-state index is 10.5. The standard InChI is InChI=1S/C12H18N2O2/c1-2-3-8-16-11-6-4-10(5-7-11)9-14-12(13)15/h4-7H,2-3,8-9H2,1H3,(H3,13,14,15). The molecule has 0 spiro atoms. The van der Waals surface area contributed by atoms with Gasteiger partial charge in [-0.25, -0.2) is 4.79 Å². The fraction of sp³-hybridized carbons (Fsp3) is 0.417. The Bertz CT molecular complexity index is 322. The molecule has 0 saturated carbocycles. The smallest absolute Gasteiger partial charge is 0.312 e. The lowest BCUT2D eigenvalue weighted by Crippen LogP contribution is -2.28. The Kier molecular flexibility index (Phi) is 5.19. The Balaban J connectivity index is 2.38. The molecule has 0 unspecified atom stereocenters. The second-order valence-corrected chi connectivity index (χ2v) is 3.56. The van der Waals surface area contributed by atoms with Gasteiger partial charge in [0.1, 0.15) is 5.75 Å². The summed E-state index contributed by atoms with van der Waals surface area (Å²) in [6, 6.07) is 7.11. The number of nitrogens with two attached hydrogens (primary N) is 1. The number of urea groups is 1. The Hall–Kier alpha value is -1.71. The van der Waals surface area contributed by atoms with Gasteiger partial charge in [-0.15, -0.1) is 0 Å². The van der Waals surface area contributed by atoms with Crippen molar-refractivity contribution in [3.05, 3.63) is 29.8 Å². The molecule has 16 heavy (non-hydrogen) atoms. The predicted octanol–water partition coefficient (Wildman–Crippen LogP) is 2.03. The average Bonchev–Trinajstić information content (AvgIpc) is 2.28. The second-order valence-electron chi connectivity index (χ2n) is 3.56. The third kappa shape index (κ3) is 4.68. The van der Waals surface area contributed by atoms with Crippen LogP contribution < -0.4 is 15.8 Å². The van der Waals surface area contributed by atoms with Crippen molar-refractivity contribution >= 4 is 6.03 Å². The predicted molar refractivity (Wildman–Crippen MR) is 63.3 cm³/mol. The lowest BCUT2D eigenvalue weighted by atomic mass is 10.2. The summed E-state index contributed by atoms with van der Waals surface area (Å²) in [7, 11) is 0. The van der Waals surface area contributed by atoms with Crippen LogP contribution in [0, 0.1) is 0 Å². The van der Waals surface area contributed by atoms with E-state index in [2.05, 4.69) is 12.2 Å². The number of benzene rings is 1. The summed E-state index contributed by atoms with van der Waals surface area (Å²) in [5.41, 5.74) is 5.98. The Morgan fingerprint density at radius 1 is 1.38 bits per heavy atom. The molecule has 0 saturated heterocycles. The maximum Gasteiger partial charge on any atom is 0.312 e. The summed E-state index contributed by atoms with van der Waals surface area (Å²) in [6.45, 7) is 3.32. The number of nitrogens with one attached hydrogen (secondary N) is 1. The molecular weight excluding hydrogens is 204 g/mol. The summed E-state index contributed by atoms with van der Waals surface area (Å²) in [6.07, 6.45) is 2.19.